The lowest BCUT2D eigenvalue weighted by atomic mass is 10.0. The van der Waals surface area contributed by atoms with Crippen LogP contribution in [0.2, 0.25) is 15.3 Å². The van der Waals surface area contributed by atoms with Crippen molar-refractivity contribution >= 4 is 46.9 Å². The van der Waals surface area contributed by atoms with Crippen LogP contribution in [0.1, 0.15) is 32.4 Å². The molecule has 3 N–H and O–H groups in total. The molecule has 0 spiro atoms. The summed E-state index contributed by atoms with van der Waals surface area (Å²) >= 11 is 17.4. The standard InChI is InChI=1S/C13H15Cl3N2O5/c1-13(2,3)23-12(22)18-8(11(20)21)9(19)7-5(14)4-6(15)17-10(7)16/h4,8-9,19H,1-3H3,(H,18,22)(H,20,21)/t8-,9-/m1/s1. The van der Waals surface area contributed by atoms with Gasteiger partial charge in [0.1, 0.15) is 22.0 Å². The van der Waals surface area contributed by atoms with E-state index in [1.54, 1.807) is 20.8 Å². The monoisotopic (exact) mass is 384 g/mol. The third kappa shape index (κ3) is 5.69. The van der Waals surface area contributed by atoms with Crippen LogP contribution < -0.4 is 5.32 Å². The molecule has 1 aromatic rings. The van der Waals surface area contributed by atoms with Gasteiger partial charge in [0.2, 0.25) is 0 Å². The predicted molar refractivity (Wildman–Crippen MR) is 85.0 cm³/mol. The topological polar surface area (TPSA) is 109 Å². The number of carboxylic acid groups (broad SMARTS) is 1. The Kier molecular flexibility index (Phi) is 6.47. The van der Waals surface area contributed by atoms with Crippen molar-refractivity contribution < 1.29 is 24.5 Å². The van der Waals surface area contributed by atoms with Gasteiger partial charge in [0.25, 0.3) is 0 Å². The minimum Gasteiger partial charge on any atom is -0.480 e. The van der Waals surface area contributed by atoms with E-state index >= 15 is 0 Å². The van der Waals surface area contributed by atoms with E-state index in [4.69, 9.17) is 39.5 Å². The average Bonchev–Trinajstić information content (AvgIpc) is 2.31. The summed E-state index contributed by atoms with van der Waals surface area (Å²) in [6.45, 7) is 4.82. The van der Waals surface area contributed by atoms with E-state index in [0.717, 1.165) is 0 Å². The van der Waals surface area contributed by atoms with Crippen LogP contribution in [0, 0.1) is 0 Å². The number of nitrogens with one attached hydrogen (secondary N) is 1. The third-order valence-electron chi connectivity index (χ3n) is 2.48. The smallest absolute Gasteiger partial charge is 0.408 e. The van der Waals surface area contributed by atoms with Crippen LogP contribution in [0.4, 0.5) is 4.79 Å². The van der Waals surface area contributed by atoms with Crippen LogP contribution in [0.5, 0.6) is 0 Å². The van der Waals surface area contributed by atoms with E-state index in [1.165, 1.54) is 6.07 Å². The maximum atomic E-state index is 11.7. The molecule has 128 valence electrons. The van der Waals surface area contributed by atoms with Gasteiger partial charge in [-0.25, -0.2) is 14.6 Å². The molecule has 1 amide bonds. The number of aliphatic hydroxyl groups is 1. The maximum absolute atomic E-state index is 11.7. The molecule has 0 aliphatic heterocycles. The van der Waals surface area contributed by atoms with Crippen LogP contribution in [-0.2, 0) is 9.53 Å². The molecule has 0 bridgehead atoms. The summed E-state index contributed by atoms with van der Waals surface area (Å²) in [4.78, 5) is 26.8. The number of pyridine rings is 1. The maximum Gasteiger partial charge on any atom is 0.408 e. The number of aromatic nitrogens is 1. The first-order valence-corrected chi connectivity index (χ1v) is 7.47. The fourth-order valence-electron chi connectivity index (χ4n) is 1.61. The molecular weight excluding hydrogens is 371 g/mol. The number of ether oxygens (including phenoxy) is 1. The van der Waals surface area contributed by atoms with Gasteiger partial charge in [-0.2, -0.15) is 0 Å². The molecule has 0 aliphatic rings. The Morgan fingerprint density at radius 2 is 1.87 bits per heavy atom. The zero-order valence-corrected chi connectivity index (χ0v) is 14.7. The summed E-state index contributed by atoms with van der Waals surface area (Å²) in [5, 5.41) is 21.1. The molecule has 0 aromatic carbocycles. The number of alkyl carbamates (subject to hydrolysis) is 1. The van der Waals surface area contributed by atoms with Crippen molar-refractivity contribution in [2.45, 2.75) is 38.5 Å². The second-order valence-corrected chi connectivity index (χ2v) is 6.69. The highest BCUT2D eigenvalue weighted by atomic mass is 35.5. The van der Waals surface area contributed by atoms with Crippen molar-refractivity contribution in [2.24, 2.45) is 0 Å². The van der Waals surface area contributed by atoms with E-state index < -0.39 is 29.8 Å². The molecule has 0 saturated heterocycles. The number of hydrogen-bond acceptors (Lipinski definition) is 5. The number of aliphatic hydroxyl groups excluding tert-OH is 1. The van der Waals surface area contributed by atoms with Gasteiger partial charge in [-0.05, 0) is 26.8 Å². The van der Waals surface area contributed by atoms with Crippen molar-refractivity contribution in [1.82, 2.24) is 10.3 Å². The van der Waals surface area contributed by atoms with Crippen LogP contribution in [0.3, 0.4) is 0 Å². The van der Waals surface area contributed by atoms with Crippen molar-refractivity contribution in [3.63, 3.8) is 0 Å². The van der Waals surface area contributed by atoms with Crippen LogP contribution in [0.15, 0.2) is 6.07 Å². The molecule has 1 aromatic heterocycles. The molecule has 0 saturated carbocycles. The zero-order chi connectivity index (χ0) is 17.9. The van der Waals surface area contributed by atoms with Crippen LogP contribution in [-0.4, -0.2) is 38.9 Å². The third-order valence-corrected chi connectivity index (χ3v) is 3.27. The summed E-state index contributed by atoms with van der Waals surface area (Å²) in [5.41, 5.74) is -1.00. The molecule has 7 nitrogen and oxygen atoms in total. The van der Waals surface area contributed by atoms with E-state index in [2.05, 4.69) is 10.3 Å². The Morgan fingerprint density at radius 1 is 1.30 bits per heavy atom. The number of rotatable bonds is 4. The first-order chi connectivity index (χ1) is 10.4. The van der Waals surface area contributed by atoms with Crippen molar-refractivity contribution in [1.29, 1.82) is 0 Å². The van der Waals surface area contributed by atoms with Gasteiger partial charge in [-0.1, -0.05) is 34.8 Å². The molecule has 1 heterocycles. The number of carbonyl (C=O) groups excluding carboxylic acids is 1. The fraction of sp³-hybridized carbons (Fsp3) is 0.462. The number of amides is 1. The quantitative estimate of drug-likeness (QED) is 0.687. The summed E-state index contributed by atoms with van der Waals surface area (Å²) in [5.74, 6) is -1.51. The number of aliphatic carboxylic acids is 1. The highest BCUT2D eigenvalue weighted by Gasteiger charge is 2.34. The molecular formula is C13H15Cl3N2O5. The molecule has 0 unspecified atom stereocenters. The lowest BCUT2D eigenvalue weighted by Gasteiger charge is -2.25. The van der Waals surface area contributed by atoms with Gasteiger partial charge < -0.3 is 20.3 Å². The van der Waals surface area contributed by atoms with Crippen molar-refractivity contribution in [3.05, 3.63) is 27.0 Å². The molecule has 10 heteroatoms. The van der Waals surface area contributed by atoms with Gasteiger partial charge in [-0.3, -0.25) is 0 Å². The largest absolute Gasteiger partial charge is 0.480 e. The SMILES string of the molecule is CC(C)(C)OC(=O)N[C@@H](C(=O)O)[C@H](O)c1c(Cl)cc(Cl)nc1Cl. The number of nitrogens with zero attached hydrogens (tertiary/aromatic N) is 1. The summed E-state index contributed by atoms with van der Waals surface area (Å²) in [7, 11) is 0. The van der Waals surface area contributed by atoms with E-state index in [-0.39, 0.29) is 20.9 Å². The Bertz CT molecular complexity index is 595. The summed E-state index contributed by atoms with van der Waals surface area (Å²) in [6.07, 6.45) is -2.78. The lowest BCUT2D eigenvalue weighted by molar-refractivity contribution is -0.142. The summed E-state index contributed by atoms with van der Waals surface area (Å²) in [6, 6.07) is -0.553. The van der Waals surface area contributed by atoms with Crippen LogP contribution >= 0.6 is 34.8 Å². The molecule has 0 radical (unpaired) electrons. The Balaban J connectivity index is 3.07. The van der Waals surface area contributed by atoms with Crippen molar-refractivity contribution in [2.75, 3.05) is 0 Å². The van der Waals surface area contributed by atoms with Gasteiger partial charge in [-0.15, -0.1) is 0 Å². The van der Waals surface area contributed by atoms with E-state index in [1.807, 2.05) is 0 Å². The zero-order valence-electron chi connectivity index (χ0n) is 12.4. The molecule has 2 atom stereocenters. The van der Waals surface area contributed by atoms with E-state index in [0.29, 0.717) is 0 Å². The number of carboxylic acids is 1. The lowest BCUT2D eigenvalue weighted by Crippen LogP contribution is -2.47. The van der Waals surface area contributed by atoms with E-state index in [9.17, 15) is 19.8 Å². The minimum atomic E-state index is -1.76. The summed E-state index contributed by atoms with van der Waals surface area (Å²) < 4.78 is 4.96. The minimum absolute atomic E-state index is 0.0251. The molecule has 1 rings (SSSR count). The number of carbonyl (C=O) groups is 2. The van der Waals surface area contributed by atoms with Crippen molar-refractivity contribution in [3.8, 4) is 0 Å². The highest BCUT2D eigenvalue weighted by Crippen LogP contribution is 2.33. The van der Waals surface area contributed by atoms with Gasteiger partial charge in [0.05, 0.1) is 5.02 Å². The fourth-order valence-corrected chi connectivity index (χ4v) is 2.56. The highest BCUT2D eigenvalue weighted by molar-refractivity contribution is 6.37. The Labute approximate surface area is 147 Å². The second-order valence-electron chi connectivity index (χ2n) is 5.54. The second kappa shape index (κ2) is 7.53. The molecule has 23 heavy (non-hydrogen) atoms. The normalized spacial score (nSPS) is 14.0. The number of halogens is 3. The van der Waals surface area contributed by atoms with Gasteiger partial charge >= 0.3 is 12.1 Å². The van der Waals surface area contributed by atoms with Gasteiger partial charge in [0, 0.05) is 5.56 Å². The Hall–Kier alpha value is -1.28. The molecule has 0 fully saturated rings. The van der Waals surface area contributed by atoms with Crippen LogP contribution in [0.25, 0.3) is 0 Å². The molecule has 0 aliphatic carbocycles. The first kappa shape index (κ1) is 19.8. The average molecular weight is 386 g/mol. The number of hydrogen-bond donors (Lipinski definition) is 3. The Morgan fingerprint density at radius 3 is 2.30 bits per heavy atom. The van der Waals surface area contributed by atoms with Gasteiger partial charge in [0.15, 0.2) is 6.04 Å². The first-order valence-electron chi connectivity index (χ1n) is 6.34. The predicted octanol–water partition coefficient (Wildman–Crippen LogP) is 3.05.